The molecule has 1 heterocycles. The Morgan fingerprint density at radius 1 is 0.938 bits per heavy atom. The number of hydrogen-bond acceptors (Lipinski definition) is 4. The van der Waals surface area contributed by atoms with Gasteiger partial charge < -0.3 is 15.4 Å². The van der Waals surface area contributed by atoms with Crippen LogP contribution in [0.2, 0.25) is 0 Å². The van der Waals surface area contributed by atoms with E-state index >= 15 is 0 Å². The number of benzene rings is 3. The van der Waals surface area contributed by atoms with E-state index in [1.807, 2.05) is 79.0 Å². The smallest absolute Gasteiger partial charge is 0.265 e. The minimum atomic E-state index is -0.161. The van der Waals surface area contributed by atoms with Crippen LogP contribution >= 0.6 is 11.3 Å². The fraction of sp³-hybridized carbons (Fsp3) is 0.154. The van der Waals surface area contributed by atoms with Gasteiger partial charge in [-0.25, -0.2) is 0 Å². The van der Waals surface area contributed by atoms with Crippen molar-refractivity contribution in [1.82, 2.24) is 5.32 Å². The van der Waals surface area contributed by atoms with E-state index in [1.165, 1.54) is 11.3 Å². The van der Waals surface area contributed by atoms with Gasteiger partial charge in [0, 0.05) is 28.7 Å². The van der Waals surface area contributed by atoms with E-state index in [9.17, 15) is 9.59 Å². The number of carbonyl (C=O) groups excluding carboxylic acids is 2. The summed E-state index contributed by atoms with van der Waals surface area (Å²) in [6.45, 7) is 2.64. The first-order valence-electron chi connectivity index (χ1n) is 10.4. The molecular weight excluding hydrogens is 420 g/mol. The monoisotopic (exact) mass is 444 g/mol. The topological polar surface area (TPSA) is 67.4 Å². The van der Waals surface area contributed by atoms with Crippen LogP contribution in [0, 0.1) is 0 Å². The number of carbonyl (C=O) groups is 2. The molecule has 0 atom stereocenters. The summed E-state index contributed by atoms with van der Waals surface area (Å²) in [7, 11) is 1.57. The van der Waals surface area contributed by atoms with Crippen LogP contribution in [0.5, 0.6) is 5.75 Å². The summed E-state index contributed by atoms with van der Waals surface area (Å²) < 4.78 is 5.54. The first kappa shape index (κ1) is 21.6. The molecule has 0 saturated carbocycles. The zero-order valence-corrected chi connectivity index (χ0v) is 18.8. The van der Waals surface area contributed by atoms with Crippen molar-refractivity contribution in [2.24, 2.45) is 0 Å². The molecule has 3 aromatic carbocycles. The van der Waals surface area contributed by atoms with Crippen molar-refractivity contribution in [2.45, 2.75) is 13.3 Å². The van der Waals surface area contributed by atoms with Crippen LogP contribution in [-0.4, -0.2) is 25.5 Å². The van der Waals surface area contributed by atoms with E-state index in [0.29, 0.717) is 28.4 Å². The van der Waals surface area contributed by atoms with Crippen molar-refractivity contribution in [1.29, 1.82) is 0 Å². The average Bonchev–Trinajstić information content (AvgIpc) is 3.27. The number of anilines is 1. The van der Waals surface area contributed by atoms with E-state index < -0.39 is 0 Å². The lowest BCUT2D eigenvalue weighted by Gasteiger charge is -2.09. The summed E-state index contributed by atoms with van der Waals surface area (Å²) in [5.74, 6) is 0.280. The van der Waals surface area contributed by atoms with E-state index in [4.69, 9.17) is 4.74 Å². The number of fused-ring (bicyclic) bond motifs is 1. The van der Waals surface area contributed by atoms with Crippen molar-refractivity contribution in [2.75, 3.05) is 19.0 Å². The Morgan fingerprint density at radius 2 is 1.69 bits per heavy atom. The zero-order valence-electron chi connectivity index (χ0n) is 18.0. The fourth-order valence-corrected chi connectivity index (χ4v) is 4.45. The standard InChI is InChI=1S/C26H24N2O3S/c1-3-14-27-26(30)24-23(31-2)22(16-32-24)18-10-12-21(13-11-18)28-25(29)20-9-8-17-6-4-5-7-19(17)15-20/h4-13,15-16H,3,14H2,1-2H3,(H,27,30)(H,28,29). The molecule has 0 bridgehead atoms. The van der Waals surface area contributed by atoms with Gasteiger partial charge >= 0.3 is 0 Å². The number of hydrogen-bond donors (Lipinski definition) is 2. The summed E-state index contributed by atoms with van der Waals surface area (Å²) in [4.78, 5) is 25.7. The van der Waals surface area contributed by atoms with Crippen LogP contribution in [0.4, 0.5) is 5.69 Å². The molecule has 0 spiro atoms. The van der Waals surface area contributed by atoms with E-state index in [1.54, 1.807) is 7.11 Å². The maximum atomic E-state index is 12.7. The summed E-state index contributed by atoms with van der Waals surface area (Å²) in [6, 6.07) is 21.1. The highest BCUT2D eigenvalue weighted by Gasteiger charge is 2.19. The number of thiophene rings is 1. The van der Waals surface area contributed by atoms with Crippen molar-refractivity contribution < 1.29 is 14.3 Å². The number of amides is 2. The summed E-state index contributed by atoms with van der Waals surface area (Å²) in [5.41, 5.74) is 3.07. The largest absolute Gasteiger partial charge is 0.494 e. The minimum absolute atomic E-state index is 0.126. The summed E-state index contributed by atoms with van der Waals surface area (Å²) in [5, 5.41) is 9.88. The van der Waals surface area contributed by atoms with Crippen LogP contribution in [0.15, 0.2) is 72.1 Å². The van der Waals surface area contributed by atoms with Crippen LogP contribution < -0.4 is 15.4 Å². The van der Waals surface area contributed by atoms with Crippen LogP contribution in [0.1, 0.15) is 33.4 Å². The number of ether oxygens (including phenoxy) is 1. The molecule has 0 fully saturated rings. The van der Waals surface area contributed by atoms with Crippen molar-refractivity contribution in [3.63, 3.8) is 0 Å². The van der Waals surface area contributed by atoms with Gasteiger partial charge in [0.15, 0.2) is 0 Å². The lowest BCUT2D eigenvalue weighted by molar-refractivity contribution is 0.0954. The molecule has 0 aliphatic rings. The van der Waals surface area contributed by atoms with Gasteiger partial charge in [0.25, 0.3) is 11.8 Å². The lowest BCUT2D eigenvalue weighted by atomic mass is 10.1. The van der Waals surface area contributed by atoms with Gasteiger partial charge in [-0.15, -0.1) is 11.3 Å². The molecule has 4 rings (SSSR count). The van der Waals surface area contributed by atoms with Crippen molar-refractivity contribution in [3.05, 3.63) is 82.6 Å². The lowest BCUT2D eigenvalue weighted by Crippen LogP contribution is -2.23. The molecule has 0 unspecified atom stereocenters. The maximum absolute atomic E-state index is 12.7. The Balaban J connectivity index is 1.51. The predicted octanol–water partition coefficient (Wildman–Crippen LogP) is 5.97. The second kappa shape index (κ2) is 9.66. The minimum Gasteiger partial charge on any atom is -0.494 e. The third-order valence-electron chi connectivity index (χ3n) is 5.16. The van der Waals surface area contributed by atoms with Gasteiger partial charge in [0.2, 0.25) is 0 Å². The molecule has 1 aromatic heterocycles. The third-order valence-corrected chi connectivity index (χ3v) is 6.12. The van der Waals surface area contributed by atoms with E-state index in [2.05, 4.69) is 10.6 Å². The Hall–Kier alpha value is -3.64. The van der Waals surface area contributed by atoms with Gasteiger partial charge in [0.1, 0.15) is 10.6 Å². The highest BCUT2D eigenvalue weighted by Crippen LogP contribution is 2.38. The summed E-state index contributed by atoms with van der Waals surface area (Å²) >= 11 is 1.36. The van der Waals surface area contributed by atoms with Crippen molar-refractivity contribution >= 4 is 39.6 Å². The molecule has 2 amide bonds. The highest BCUT2D eigenvalue weighted by molar-refractivity contribution is 7.13. The third kappa shape index (κ3) is 4.50. The highest BCUT2D eigenvalue weighted by atomic mass is 32.1. The van der Waals surface area contributed by atoms with Gasteiger partial charge in [-0.3, -0.25) is 9.59 Å². The quantitative estimate of drug-likeness (QED) is 0.369. The Kier molecular flexibility index (Phi) is 6.52. The van der Waals surface area contributed by atoms with Gasteiger partial charge in [-0.1, -0.05) is 49.4 Å². The molecule has 0 aliphatic heterocycles. The normalized spacial score (nSPS) is 10.7. The van der Waals surface area contributed by atoms with E-state index in [0.717, 1.165) is 28.3 Å². The number of nitrogens with one attached hydrogen (secondary N) is 2. The number of rotatable bonds is 7. The molecule has 0 saturated heterocycles. The SMILES string of the molecule is CCCNC(=O)c1scc(-c2ccc(NC(=O)c3ccc4ccccc4c3)cc2)c1OC. The van der Waals surface area contributed by atoms with Crippen molar-refractivity contribution in [3.8, 4) is 16.9 Å². The average molecular weight is 445 g/mol. The number of methoxy groups -OCH3 is 1. The molecule has 5 nitrogen and oxygen atoms in total. The molecule has 6 heteroatoms. The Bertz CT molecular complexity index is 1260. The van der Waals surface area contributed by atoms with E-state index in [-0.39, 0.29) is 11.8 Å². The summed E-state index contributed by atoms with van der Waals surface area (Å²) in [6.07, 6.45) is 0.874. The predicted molar refractivity (Wildman–Crippen MR) is 131 cm³/mol. The Morgan fingerprint density at radius 3 is 2.41 bits per heavy atom. The molecular formula is C26H24N2O3S. The maximum Gasteiger partial charge on any atom is 0.265 e. The molecule has 4 aromatic rings. The molecule has 0 aliphatic carbocycles. The van der Waals surface area contributed by atoms with Crippen LogP contribution in [-0.2, 0) is 0 Å². The first-order valence-corrected chi connectivity index (χ1v) is 11.3. The second-order valence-electron chi connectivity index (χ2n) is 7.36. The fourth-order valence-electron chi connectivity index (χ4n) is 3.49. The molecule has 2 N–H and O–H groups in total. The van der Waals surface area contributed by atoms with Gasteiger partial charge in [0.05, 0.1) is 7.11 Å². The van der Waals surface area contributed by atoms with Gasteiger partial charge in [-0.2, -0.15) is 0 Å². The second-order valence-corrected chi connectivity index (χ2v) is 8.24. The zero-order chi connectivity index (χ0) is 22.5. The van der Waals surface area contributed by atoms with Gasteiger partial charge in [-0.05, 0) is 47.0 Å². The molecule has 162 valence electrons. The van der Waals surface area contributed by atoms with Crippen LogP contribution in [0.25, 0.3) is 21.9 Å². The molecule has 32 heavy (non-hydrogen) atoms. The first-order chi connectivity index (χ1) is 15.6. The van der Waals surface area contributed by atoms with Crippen LogP contribution in [0.3, 0.4) is 0 Å². The molecule has 0 radical (unpaired) electrons. The Labute approximate surface area is 191 Å².